The Labute approximate surface area is 95.6 Å². The first-order chi connectivity index (χ1) is 6.84. The van der Waals surface area contributed by atoms with E-state index in [9.17, 15) is 0 Å². The van der Waals surface area contributed by atoms with Crippen LogP contribution in [0.1, 0.15) is 71.1 Å². The first kappa shape index (κ1) is 13.0. The molecule has 0 bridgehead atoms. The van der Waals surface area contributed by atoms with Crippen LogP contribution in [0.25, 0.3) is 0 Å². The largest absolute Gasteiger partial charge is 0.344 e. The molecule has 0 atom stereocenters. The zero-order valence-corrected chi connectivity index (χ0v) is 10.5. The van der Waals surface area contributed by atoms with Gasteiger partial charge in [0.1, 0.15) is 0 Å². The van der Waals surface area contributed by atoms with Crippen LogP contribution < -0.4 is 6.15 Å². The van der Waals surface area contributed by atoms with E-state index in [1.165, 1.54) is 44.9 Å². The van der Waals surface area contributed by atoms with Crippen molar-refractivity contribution in [3.8, 4) is 0 Å². The molecule has 0 unspecified atom stereocenters. The molecule has 2 saturated carbocycles. The van der Waals surface area contributed by atoms with Gasteiger partial charge in [-0.25, -0.2) is 0 Å². The molecule has 0 radical (unpaired) electrons. The van der Waals surface area contributed by atoms with Gasteiger partial charge in [0.2, 0.25) is 0 Å². The summed E-state index contributed by atoms with van der Waals surface area (Å²) in [5.74, 6) is 3.24. The summed E-state index contributed by atoms with van der Waals surface area (Å²) >= 11 is 0. The van der Waals surface area contributed by atoms with Crippen molar-refractivity contribution in [2.24, 2.45) is 17.8 Å². The average molecular weight is 211 g/mol. The Morgan fingerprint density at radius 1 is 0.733 bits per heavy atom. The highest BCUT2D eigenvalue weighted by Gasteiger charge is 2.22. The predicted molar refractivity (Wildman–Crippen MR) is 67.3 cm³/mol. The van der Waals surface area contributed by atoms with Gasteiger partial charge in [0.25, 0.3) is 0 Å². The van der Waals surface area contributed by atoms with Gasteiger partial charge in [0.15, 0.2) is 0 Å². The van der Waals surface area contributed by atoms with E-state index in [0.717, 1.165) is 17.8 Å². The first-order valence-corrected chi connectivity index (χ1v) is 6.84. The molecule has 0 aromatic heterocycles. The summed E-state index contributed by atoms with van der Waals surface area (Å²) in [5, 5.41) is 0. The van der Waals surface area contributed by atoms with E-state index in [2.05, 4.69) is 6.92 Å². The molecule has 2 aliphatic rings. The molecule has 0 aromatic rings. The van der Waals surface area contributed by atoms with Gasteiger partial charge in [-0.15, -0.1) is 0 Å². The molecule has 1 nitrogen and oxygen atoms in total. The third-order valence-corrected chi connectivity index (χ3v) is 4.53. The molecule has 0 aliphatic heterocycles. The van der Waals surface area contributed by atoms with E-state index < -0.39 is 0 Å². The highest BCUT2D eigenvalue weighted by atomic mass is 14.3. The maximum Gasteiger partial charge on any atom is -0.0411 e. The summed E-state index contributed by atoms with van der Waals surface area (Å²) in [7, 11) is 0. The van der Waals surface area contributed by atoms with Crippen LogP contribution in [0.15, 0.2) is 0 Å². The lowest BCUT2D eigenvalue weighted by molar-refractivity contribution is 0.218. The third kappa shape index (κ3) is 4.14. The highest BCUT2D eigenvalue weighted by Crippen LogP contribution is 2.36. The molecule has 0 heterocycles. The molecule has 0 saturated heterocycles. The van der Waals surface area contributed by atoms with Crippen molar-refractivity contribution in [3.05, 3.63) is 0 Å². The van der Waals surface area contributed by atoms with Crippen LogP contribution in [0.4, 0.5) is 0 Å². The van der Waals surface area contributed by atoms with Gasteiger partial charge in [0.05, 0.1) is 0 Å². The zero-order valence-electron chi connectivity index (χ0n) is 10.5. The second-order valence-electron chi connectivity index (χ2n) is 5.87. The molecule has 2 rings (SSSR count). The quantitative estimate of drug-likeness (QED) is 0.689. The zero-order chi connectivity index (χ0) is 9.80. The summed E-state index contributed by atoms with van der Waals surface area (Å²) < 4.78 is 0. The Morgan fingerprint density at radius 2 is 1.27 bits per heavy atom. The van der Waals surface area contributed by atoms with Crippen molar-refractivity contribution in [1.82, 2.24) is 6.15 Å². The molecule has 90 valence electrons. The van der Waals surface area contributed by atoms with E-state index in [1.807, 2.05) is 0 Å². The van der Waals surface area contributed by atoms with Crippen molar-refractivity contribution in [3.63, 3.8) is 0 Å². The fraction of sp³-hybridized carbons (Fsp3) is 1.00. The monoisotopic (exact) mass is 211 g/mol. The molecule has 0 spiro atoms. The standard InChI is InChI=1S/C14H26.H3N/c1-12-7-9-14(10-8-12)11-13-5-3-2-4-6-13;/h12-14H,2-11H2,1H3;1H3. The topological polar surface area (TPSA) is 35.0 Å². The van der Waals surface area contributed by atoms with Gasteiger partial charge < -0.3 is 6.15 Å². The van der Waals surface area contributed by atoms with Crippen molar-refractivity contribution >= 4 is 0 Å². The van der Waals surface area contributed by atoms with Crippen LogP contribution in [0.2, 0.25) is 0 Å². The molecule has 2 aliphatic carbocycles. The van der Waals surface area contributed by atoms with Crippen molar-refractivity contribution < 1.29 is 0 Å². The minimum absolute atomic E-state index is 0. The van der Waals surface area contributed by atoms with Gasteiger partial charge in [-0.1, -0.05) is 64.7 Å². The molecular weight excluding hydrogens is 182 g/mol. The van der Waals surface area contributed by atoms with E-state index in [1.54, 1.807) is 19.3 Å². The maximum atomic E-state index is 2.43. The summed E-state index contributed by atoms with van der Waals surface area (Å²) in [6, 6.07) is 0. The van der Waals surface area contributed by atoms with Crippen molar-refractivity contribution in [1.29, 1.82) is 0 Å². The number of rotatable bonds is 2. The average Bonchev–Trinajstić information content (AvgIpc) is 2.23. The van der Waals surface area contributed by atoms with Crippen LogP contribution in [0.3, 0.4) is 0 Å². The normalized spacial score (nSPS) is 33.4. The Morgan fingerprint density at radius 3 is 1.87 bits per heavy atom. The molecule has 0 aromatic carbocycles. The van der Waals surface area contributed by atoms with Crippen molar-refractivity contribution in [2.75, 3.05) is 0 Å². The lowest BCUT2D eigenvalue weighted by atomic mass is 9.75. The summed E-state index contributed by atoms with van der Waals surface area (Å²) in [4.78, 5) is 0. The second-order valence-corrected chi connectivity index (χ2v) is 5.87. The molecule has 15 heavy (non-hydrogen) atoms. The van der Waals surface area contributed by atoms with Gasteiger partial charge in [-0.3, -0.25) is 0 Å². The molecule has 1 heteroatoms. The molecule has 0 amide bonds. The third-order valence-electron chi connectivity index (χ3n) is 4.53. The van der Waals surface area contributed by atoms with E-state index in [-0.39, 0.29) is 6.15 Å². The Balaban J connectivity index is 0.00000112. The minimum atomic E-state index is 0. The van der Waals surface area contributed by atoms with Crippen LogP contribution >= 0.6 is 0 Å². The maximum absolute atomic E-state index is 2.43. The predicted octanol–water partition coefficient (Wildman–Crippen LogP) is 4.95. The van der Waals surface area contributed by atoms with Gasteiger partial charge in [0, 0.05) is 0 Å². The first-order valence-electron chi connectivity index (χ1n) is 6.84. The molecular formula is C14H29N. The van der Waals surface area contributed by atoms with E-state index >= 15 is 0 Å². The second kappa shape index (κ2) is 6.52. The van der Waals surface area contributed by atoms with E-state index in [4.69, 9.17) is 0 Å². The van der Waals surface area contributed by atoms with Gasteiger partial charge >= 0.3 is 0 Å². The van der Waals surface area contributed by atoms with Gasteiger partial charge in [-0.05, 0) is 24.2 Å². The summed E-state index contributed by atoms with van der Waals surface area (Å²) in [6.45, 7) is 2.43. The minimum Gasteiger partial charge on any atom is -0.344 e. The fourth-order valence-corrected chi connectivity index (χ4v) is 3.46. The Hall–Kier alpha value is -0.0400. The lowest BCUT2D eigenvalue weighted by Crippen LogP contribution is -2.17. The Kier molecular flexibility index (Phi) is 5.66. The summed E-state index contributed by atoms with van der Waals surface area (Å²) in [5.41, 5.74) is 0. The smallest absolute Gasteiger partial charge is 0.0411 e. The highest BCUT2D eigenvalue weighted by molar-refractivity contribution is 4.75. The van der Waals surface area contributed by atoms with Gasteiger partial charge in [-0.2, -0.15) is 0 Å². The number of hydrogen-bond donors (Lipinski definition) is 1. The van der Waals surface area contributed by atoms with Crippen LogP contribution in [0, 0.1) is 17.8 Å². The van der Waals surface area contributed by atoms with E-state index in [0.29, 0.717) is 0 Å². The molecule has 2 fully saturated rings. The van der Waals surface area contributed by atoms with Crippen molar-refractivity contribution in [2.45, 2.75) is 71.1 Å². The SMILES string of the molecule is CC1CCC(CC2CCCCC2)CC1.N. The summed E-state index contributed by atoms with van der Waals surface area (Å²) in [6.07, 6.45) is 15.3. The molecule has 3 N–H and O–H groups in total. The van der Waals surface area contributed by atoms with Crippen LogP contribution in [-0.4, -0.2) is 0 Å². The Bertz CT molecular complexity index is 153. The fourth-order valence-electron chi connectivity index (χ4n) is 3.46. The number of hydrogen-bond acceptors (Lipinski definition) is 1. The van der Waals surface area contributed by atoms with Crippen LogP contribution in [0.5, 0.6) is 0 Å². The lowest BCUT2D eigenvalue weighted by Gasteiger charge is -2.31. The van der Waals surface area contributed by atoms with Crippen LogP contribution in [-0.2, 0) is 0 Å².